The lowest BCUT2D eigenvalue weighted by atomic mass is 9.90. The van der Waals surface area contributed by atoms with Gasteiger partial charge in [-0.05, 0) is 41.3 Å². The summed E-state index contributed by atoms with van der Waals surface area (Å²) >= 11 is 6.43. The molecule has 4 rings (SSSR count). The van der Waals surface area contributed by atoms with Gasteiger partial charge in [0.05, 0.1) is 13.2 Å². The number of ether oxygens (including phenoxy) is 4. The summed E-state index contributed by atoms with van der Waals surface area (Å²) in [5, 5.41) is 40.5. The van der Waals surface area contributed by atoms with Gasteiger partial charge in [-0.1, -0.05) is 35.9 Å². The first-order valence-electron chi connectivity index (χ1n) is 11.4. The lowest BCUT2D eigenvalue weighted by Gasteiger charge is -2.40. The molecule has 0 saturated carbocycles. The van der Waals surface area contributed by atoms with E-state index in [-0.39, 0.29) is 12.7 Å². The zero-order valence-electron chi connectivity index (χ0n) is 19.0. The zero-order valence-corrected chi connectivity index (χ0v) is 19.7. The second-order valence-corrected chi connectivity index (χ2v) is 9.09. The van der Waals surface area contributed by atoms with Crippen LogP contribution < -0.4 is 4.74 Å². The Morgan fingerprint density at radius 3 is 2.51 bits per heavy atom. The number of esters is 1. The molecule has 6 atom stereocenters. The van der Waals surface area contributed by atoms with Crippen LogP contribution in [0.3, 0.4) is 0 Å². The summed E-state index contributed by atoms with van der Waals surface area (Å²) in [7, 11) is 0. The van der Waals surface area contributed by atoms with Crippen molar-refractivity contribution in [2.75, 3.05) is 26.4 Å². The summed E-state index contributed by atoms with van der Waals surface area (Å²) in [5.74, 6) is -0.122. The normalized spacial score (nSPS) is 28.6. The first-order chi connectivity index (χ1) is 16.9. The highest BCUT2D eigenvalue weighted by atomic mass is 35.5. The van der Waals surface area contributed by atoms with Crippen LogP contribution in [0.15, 0.2) is 42.5 Å². The molecule has 2 aromatic rings. The van der Waals surface area contributed by atoms with Gasteiger partial charge in [0, 0.05) is 11.4 Å². The van der Waals surface area contributed by atoms with E-state index in [1.165, 1.54) is 0 Å². The molecule has 0 radical (unpaired) electrons. The molecule has 190 valence electrons. The molecule has 0 aromatic heterocycles. The van der Waals surface area contributed by atoms with Crippen molar-refractivity contribution in [2.24, 2.45) is 0 Å². The fraction of sp³-hybridized carbons (Fsp3) is 0.480. The minimum Gasteiger partial charge on any atom is -0.488 e. The van der Waals surface area contributed by atoms with E-state index in [2.05, 4.69) is 0 Å². The first-order valence-corrected chi connectivity index (χ1v) is 11.8. The van der Waals surface area contributed by atoms with Gasteiger partial charge in [-0.15, -0.1) is 0 Å². The minimum absolute atomic E-state index is 0.0683. The Kier molecular flexibility index (Phi) is 8.61. The molecule has 1 unspecified atom stereocenters. The van der Waals surface area contributed by atoms with Gasteiger partial charge in [0.15, 0.2) is 0 Å². The Morgan fingerprint density at radius 2 is 1.83 bits per heavy atom. The Balaban J connectivity index is 1.47. The highest BCUT2D eigenvalue weighted by Crippen LogP contribution is 2.35. The molecule has 2 fully saturated rings. The van der Waals surface area contributed by atoms with Crippen molar-refractivity contribution in [1.82, 2.24) is 0 Å². The minimum atomic E-state index is -1.52. The van der Waals surface area contributed by atoms with Crippen molar-refractivity contribution in [2.45, 2.75) is 49.5 Å². The number of hydrogen-bond acceptors (Lipinski definition) is 9. The topological polar surface area (TPSA) is 135 Å². The zero-order chi connectivity index (χ0) is 24.9. The predicted octanol–water partition coefficient (Wildman–Crippen LogP) is 1.16. The number of hydrogen-bond donors (Lipinski definition) is 4. The van der Waals surface area contributed by atoms with Crippen molar-refractivity contribution in [3.8, 4) is 5.75 Å². The van der Waals surface area contributed by atoms with Crippen LogP contribution in [-0.4, -0.2) is 83.3 Å². The molecule has 0 amide bonds. The SMILES string of the molecule is O=C(CO)OC[C@H]1O[C@@H](c2ccc(Cl)c(Cc3ccc(OC4CCOC4)cc3)c2)[C@H](O)[C@@H](O)[C@@H]1O. The van der Waals surface area contributed by atoms with E-state index < -0.39 is 43.1 Å². The van der Waals surface area contributed by atoms with Crippen LogP contribution in [0.4, 0.5) is 0 Å². The maximum Gasteiger partial charge on any atom is 0.331 e. The van der Waals surface area contributed by atoms with E-state index in [1.54, 1.807) is 18.2 Å². The Morgan fingerprint density at radius 1 is 1.06 bits per heavy atom. The lowest BCUT2D eigenvalue weighted by molar-refractivity contribution is -0.234. The van der Waals surface area contributed by atoms with E-state index in [0.717, 1.165) is 23.3 Å². The van der Waals surface area contributed by atoms with E-state index in [0.29, 0.717) is 30.2 Å². The number of aliphatic hydroxyl groups is 4. The third kappa shape index (κ3) is 6.31. The molecule has 0 bridgehead atoms. The van der Waals surface area contributed by atoms with Crippen LogP contribution in [0.1, 0.15) is 29.2 Å². The summed E-state index contributed by atoms with van der Waals surface area (Å²) in [6, 6.07) is 12.8. The molecule has 2 aromatic carbocycles. The van der Waals surface area contributed by atoms with Crippen LogP contribution >= 0.6 is 11.6 Å². The van der Waals surface area contributed by atoms with Crippen LogP contribution in [-0.2, 0) is 25.4 Å². The predicted molar refractivity (Wildman–Crippen MR) is 124 cm³/mol. The summed E-state index contributed by atoms with van der Waals surface area (Å²) < 4.78 is 21.9. The standard InChI is InChI=1S/C25H29ClO9/c26-19-6-3-15(25-24(31)23(30)22(29)20(35-25)13-33-21(28)11-27)10-16(19)9-14-1-4-17(5-2-14)34-18-7-8-32-12-18/h1-6,10,18,20,22-25,27,29-31H,7-9,11-13H2/t18?,20-,22-,23+,24-,25+/m1/s1. The van der Waals surface area contributed by atoms with Crippen LogP contribution in [0, 0.1) is 0 Å². The molecule has 0 spiro atoms. The number of carbonyl (C=O) groups is 1. The van der Waals surface area contributed by atoms with Gasteiger partial charge in [-0.25, -0.2) is 4.79 Å². The maximum absolute atomic E-state index is 11.3. The second kappa shape index (κ2) is 11.7. The van der Waals surface area contributed by atoms with Crippen LogP contribution in [0.5, 0.6) is 5.75 Å². The number of carbonyl (C=O) groups excluding carboxylic acids is 1. The van der Waals surface area contributed by atoms with Gasteiger partial charge in [0.2, 0.25) is 0 Å². The van der Waals surface area contributed by atoms with Crippen molar-refractivity contribution in [3.63, 3.8) is 0 Å². The van der Waals surface area contributed by atoms with Crippen molar-refractivity contribution in [3.05, 3.63) is 64.2 Å². The molecule has 2 saturated heterocycles. The van der Waals surface area contributed by atoms with Gasteiger partial charge >= 0.3 is 5.97 Å². The summed E-state index contributed by atoms with van der Waals surface area (Å²) in [6.45, 7) is 0.0972. The largest absolute Gasteiger partial charge is 0.488 e. The molecule has 9 nitrogen and oxygen atoms in total. The van der Waals surface area contributed by atoms with Gasteiger partial charge in [0.25, 0.3) is 0 Å². The second-order valence-electron chi connectivity index (χ2n) is 8.68. The Hall–Kier alpha value is -2.24. The third-order valence-corrected chi connectivity index (χ3v) is 6.53. The van der Waals surface area contributed by atoms with Crippen LogP contribution in [0.25, 0.3) is 0 Å². The molecule has 2 heterocycles. The molecular weight excluding hydrogens is 480 g/mol. The molecule has 10 heteroatoms. The summed E-state index contributed by atoms with van der Waals surface area (Å²) in [5.41, 5.74) is 2.32. The number of halogens is 1. The Labute approximate surface area is 207 Å². The molecule has 35 heavy (non-hydrogen) atoms. The number of aliphatic hydroxyl groups excluding tert-OH is 4. The Bertz CT molecular complexity index is 993. The van der Waals surface area contributed by atoms with Gasteiger partial charge < -0.3 is 39.4 Å². The van der Waals surface area contributed by atoms with Gasteiger partial charge in [-0.2, -0.15) is 0 Å². The number of rotatable bonds is 8. The van der Waals surface area contributed by atoms with Crippen molar-refractivity contribution >= 4 is 17.6 Å². The van der Waals surface area contributed by atoms with E-state index >= 15 is 0 Å². The molecule has 0 aliphatic carbocycles. The highest BCUT2D eigenvalue weighted by molar-refractivity contribution is 6.31. The van der Waals surface area contributed by atoms with E-state index in [1.807, 2.05) is 24.3 Å². The molecule has 4 N–H and O–H groups in total. The lowest BCUT2D eigenvalue weighted by Crippen LogP contribution is -2.55. The quantitative estimate of drug-likeness (QED) is 0.387. The maximum atomic E-state index is 11.3. The van der Waals surface area contributed by atoms with Crippen molar-refractivity contribution < 1.29 is 44.2 Å². The smallest absolute Gasteiger partial charge is 0.331 e. The van der Waals surface area contributed by atoms with Gasteiger partial charge in [-0.3, -0.25) is 0 Å². The summed E-state index contributed by atoms with van der Waals surface area (Å²) in [6.07, 6.45) is -5.06. The molecule has 2 aliphatic heterocycles. The van der Waals surface area contributed by atoms with E-state index in [4.69, 9.17) is 35.7 Å². The third-order valence-electron chi connectivity index (χ3n) is 6.16. The van der Waals surface area contributed by atoms with Crippen molar-refractivity contribution in [1.29, 1.82) is 0 Å². The molecular formula is C25H29ClO9. The average Bonchev–Trinajstić information content (AvgIpc) is 3.37. The molecule has 2 aliphatic rings. The van der Waals surface area contributed by atoms with E-state index in [9.17, 15) is 20.1 Å². The first kappa shape index (κ1) is 25.8. The average molecular weight is 509 g/mol. The number of benzene rings is 2. The summed E-state index contributed by atoms with van der Waals surface area (Å²) in [4.78, 5) is 11.3. The van der Waals surface area contributed by atoms with Crippen LogP contribution in [0.2, 0.25) is 5.02 Å². The fourth-order valence-electron chi connectivity index (χ4n) is 4.20. The monoisotopic (exact) mass is 508 g/mol. The highest BCUT2D eigenvalue weighted by Gasteiger charge is 2.44. The fourth-order valence-corrected chi connectivity index (χ4v) is 4.38. The van der Waals surface area contributed by atoms with Gasteiger partial charge in [0.1, 0.15) is 55.6 Å².